The van der Waals surface area contributed by atoms with Gasteiger partial charge in [-0.2, -0.15) is 0 Å². The quantitative estimate of drug-likeness (QED) is 0.485. The largest absolute Gasteiger partial charge is 0.398 e. The van der Waals surface area contributed by atoms with Crippen LogP contribution in [0.2, 0.25) is 0 Å². The third kappa shape index (κ3) is 1.55. The maximum Gasteiger partial charge on any atom is 0.0426 e. The molecule has 0 heterocycles. The summed E-state index contributed by atoms with van der Waals surface area (Å²) in [5.74, 6) is 0. The minimum Gasteiger partial charge on any atom is -0.398 e. The maximum atomic E-state index is 6.22. The molecule has 2 N–H and O–H groups in total. The maximum absolute atomic E-state index is 6.22. The molecule has 84 valence electrons. The predicted molar refractivity (Wildman–Crippen MR) is 75.2 cm³/mol. The van der Waals surface area contributed by atoms with E-state index in [0.717, 1.165) is 12.1 Å². The van der Waals surface area contributed by atoms with Gasteiger partial charge >= 0.3 is 0 Å². The van der Waals surface area contributed by atoms with E-state index in [1.165, 1.54) is 27.1 Å². The molecule has 0 fully saturated rings. The molecule has 3 aromatic carbocycles. The number of anilines is 1. The van der Waals surface area contributed by atoms with Gasteiger partial charge in [-0.25, -0.2) is 0 Å². The normalized spacial score (nSPS) is 11.1. The Labute approximate surface area is 101 Å². The van der Waals surface area contributed by atoms with Gasteiger partial charge in [-0.05, 0) is 40.3 Å². The summed E-state index contributed by atoms with van der Waals surface area (Å²) in [6.07, 6.45) is 0.981. The lowest BCUT2D eigenvalue weighted by Crippen LogP contribution is -1.94. The van der Waals surface area contributed by atoms with E-state index in [4.69, 9.17) is 5.73 Å². The topological polar surface area (TPSA) is 26.0 Å². The molecule has 0 saturated heterocycles. The van der Waals surface area contributed by atoms with Crippen LogP contribution in [-0.2, 0) is 6.42 Å². The van der Waals surface area contributed by atoms with Crippen LogP contribution in [0.1, 0.15) is 12.5 Å². The molecule has 0 aliphatic carbocycles. The molecule has 1 heteroatoms. The van der Waals surface area contributed by atoms with Crippen molar-refractivity contribution < 1.29 is 0 Å². The molecule has 0 spiro atoms. The van der Waals surface area contributed by atoms with Gasteiger partial charge in [-0.3, -0.25) is 0 Å². The summed E-state index contributed by atoms with van der Waals surface area (Å²) >= 11 is 0. The van der Waals surface area contributed by atoms with Gasteiger partial charge in [-0.15, -0.1) is 0 Å². The number of benzene rings is 3. The summed E-state index contributed by atoms with van der Waals surface area (Å²) in [6, 6.07) is 17.1. The van der Waals surface area contributed by atoms with Crippen LogP contribution in [0.15, 0.2) is 48.5 Å². The number of fused-ring (bicyclic) bond motifs is 2. The van der Waals surface area contributed by atoms with Crippen LogP contribution >= 0.6 is 0 Å². The SMILES string of the molecule is CCc1ccc2cc3ccccc3cc2c1N. The molecule has 3 aromatic rings. The van der Waals surface area contributed by atoms with E-state index in [9.17, 15) is 0 Å². The Kier molecular flexibility index (Phi) is 2.25. The lowest BCUT2D eigenvalue weighted by atomic mass is 9.99. The Morgan fingerprint density at radius 2 is 1.59 bits per heavy atom. The smallest absolute Gasteiger partial charge is 0.0426 e. The highest BCUT2D eigenvalue weighted by atomic mass is 14.6. The van der Waals surface area contributed by atoms with Crippen LogP contribution in [-0.4, -0.2) is 0 Å². The van der Waals surface area contributed by atoms with Crippen LogP contribution in [0.5, 0.6) is 0 Å². The first kappa shape index (κ1) is 10.2. The molecule has 0 bridgehead atoms. The van der Waals surface area contributed by atoms with Gasteiger partial charge < -0.3 is 5.73 Å². The van der Waals surface area contributed by atoms with Crippen molar-refractivity contribution in [1.29, 1.82) is 0 Å². The predicted octanol–water partition coefficient (Wildman–Crippen LogP) is 4.14. The Morgan fingerprint density at radius 1 is 0.882 bits per heavy atom. The second-order valence-electron chi connectivity index (χ2n) is 4.41. The Hall–Kier alpha value is -2.02. The Balaban J connectivity index is 2.44. The average molecular weight is 221 g/mol. The number of nitrogens with two attached hydrogens (primary N) is 1. The zero-order valence-corrected chi connectivity index (χ0v) is 9.90. The van der Waals surface area contributed by atoms with Gasteiger partial charge in [0, 0.05) is 11.1 Å². The summed E-state index contributed by atoms with van der Waals surface area (Å²) in [4.78, 5) is 0. The fraction of sp³-hybridized carbons (Fsp3) is 0.125. The van der Waals surface area contributed by atoms with E-state index in [-0.39, 0.29) is 0 Å². The summed E-state index contributed by atoms with van der Waals surface area (Å²) in [5.41, 5.74) is 8.38. The molecule has 0 aliphatic heterocycles. The zero-order valence-electron chi connectivity index (χ0n) is 9.90. The molecule has 0 atom stereocenters. The molecular formula is C16H15N. The molecule has 0 radical (unpaired) electrons. The molecule has 0 aliphatic rings. The van der Waals surface area contributed by atoms with Crippen molar-refractivity contribution in [3.05, 3.63) is 54.1 Å². The summed E-state index contributed by atoms with van der Waals surface area (Å²) in [5, 5.41) is 4.91. The molecule has 0 amide bonds. The minimum atomic E-state index is 0.927. The molecule has 17 heavy (non-hydrogen) atoms. The summed E-state index contributed by atoms with van der Waals surface area (Å²) < 4.78 is 0. The van der Waals surface area contributed by atoms with E-state index < -0.39 is 0 Å². The average Bonchev–Trinajstić information content (AvgIpc) is 2.37. The van der Waals surface area contributed by atoms with Gasteiger partial charge in [0.15, 0.2) is 0 Å². The number of hydrogen-bond donors (Lipinski definition) is 1. The van der Waals surface area contributed by atoms with E-state index in [0.29, 0.717) is 0 Å². The van der Waals surface area contributed by atoms with Gasteiger partial charge in [-0.1, -0.05) is 43.3 Å². The van der Waals surface area contributed by atoms with Gasteiger partial charge in [0.25, 0.3) is 0 Å². The lowest BCUT2D eigenvalue weighted by molar-refractivity contribution is 1.15. The van der Waals surface area contributed by atoms with Gasteiger partial charge in [0.1, 0.15) is 0 Å². The first-order chi connectivity index (χ1) is 8.29. The van der Waals surface area contributed by atoms with Crippen LogP contribution in [0, 0.1) is 0 Å². The third-order valence-electron chi connectivity index (χ3n) is 3.40. The number of rotatable bonds is 1. The molecular weight excluding hydrogens is 206 g/mol. The second-order valence-corrected chi connectivity index (χ2v) is 4.41. The van der Waals surface area contributed by atoms with Crippen molar-refractivity contribution in [2.75, 3.05) is 5.73 Å². The first-order valence-corrected chi connectivity index (χ1v) is 5.99. The third-order valence-corrected chi connectivity index (χ3v) is 3.40. The molecule has 0 aromatic heterocycles. The van der Waals surface area contributed by atoms with E-state index in [2.05, 4.69) is 55.5 Å². The van der Waals surface area contributed by atoms with Crippen molar-refractivity contribution in [1.82, 2.24) is 0 Å². The van der Waals surface area contributed by atoms with E-state index in [1.807, 2.05) is 0 Å². The van der Waals surface area contributed by atoms with Crippen LogP contribution in [0.4, 0.5) is 5.69 Å². The van der Waals surface area contributed by atoms with Crippen molar-refractivity contribution >= 4 is 27.2 Å². The van der Waals surface area contributed by atoms with Crippen molar-refractivity contribution in [2.45, 2.75) is 13.3 Å². The molecule has 3 rings (SSSR count). The Morgan fingerprint density at radius 3 is 2.29 bits per heavy atom. The van der Waals surface area contributed by atoms with E-state index >= 15 is 0 Å². The Bertz CT molecular complexity index is 698. The van der Waals surface area contributed by atoms with Crippen molar-refractivity contribution in [3.63, 3.8) is 0 Å². The summed E-state index contributed by atoms with van der Waals surface area (Å²) in [7, 11) is 0. The van der Waals surface area contributed by atoms with Crippen LogP contribution < -0.4 is 5.73 Å². The van der Waals surface area contributed by atoms with Gasteiger partial charge in [0.05, 0.1) is 0 Å². The molecule has 1 nitrogen and oxygen atoms in total. The lowest BCUT2D eigenvalue weighted by Gasteiger charge is -2.09. The number of nitrogen functional groups attached to an aromatic ring is 1. The van der Waals surface area contributed by atoms with Crippen molar-refractivity contribution in [2.24, 2.45) is 0 Å². The number of hydrogen-bond acceptors (Lipinski definition) is 1. The van der Waals surface area contributed by atoms with E-state index in [1.54, 1.807) is 0 Å². The fourth-order valence-corrected chi connectivity index (χ4v) is 2.39. The first-order valence-electron chi connectivity index (χ1n) is 5.99. The molecule has 0 unspecified atom stereocenters. The second kappa shape index (κ2) is 3.77. The minimum absolute atomic E-state index is 0.927. The fourth-order valence-electron chi connectivity index (χ4n) is 2.39. The monoisotopic (exact) mass is 221 g/mol. The highest BCUT2D eigenvalue weighted by Gasteiger charge is 2.04. The van der Waals surface area contributed by atoms with Gasteiger partial charge in [0.2, 0.25) is 0 Å². The van der Waals surface area contributed by atoms with Crippen molar-refractivity contribution in [3.8, 4) is 0 Å². The standard InChI is InChI=1S/C16H15N/c1-2-11-7-8-14-9-12-5-3-4-6-13(12)10-15(14)16(11)17/h3-10H,2,17H2,1H3. The van der Waals surface area contributed by atoms with Crippen LogP contribution in [0.3, 0.4) is 0 Å². The molecule has 0 saturated carbocycles. The highest BCUT2D eigenvalue weighted by molar-refractivity contribution is 6.03. The number of aryl methyl sites for hydroxylation is 1. The summed E-state index contributed by atoms with van der Waals surface area (Å²) in [6.45, 7) is 2.14. The van der Waals surface area contributed by atoms with Crippen LogP contribution in [0.25, 0.3) is 21.5 Å². The zero-order chi connectivity index (χ0) is 11.8. The highest BCUT2D eigenvalue weighted by Crippen LogP contribution is 2.29.